The molecule has 330 valence electrons. The van der Waals surface area contributed by atoms with E-state index in [0.717, 1.165) is 65.2 Å². The van der Waals surface area contributed by atoms with Crippen molar-refractivity contribution in [1.29, 1.82) is 0 Å². The molecule has 2 aliphatic heterocycles. The lowest BCUT2D eigenvalue weighted by Crippen LogP contribution is -2.51. The highest BCUT2D eigenvalue weighted by Gasteiger charge is 2.42. The lowest BCUT2D eigenvalue weighted by molar-refractivity contribution is -0.136. The number of benzene rings is 3. The summed E-state index contributed by atoms with van der Waals surface area (Å²) in [5, 5.41) is 5.46. The van der Waals surface area contributed by atoms with Crippen LogP contribution in [0.1, 0.15) is 119 Å². The van der Waals surface area contributed by atoms with Gasteiger partial charge in [0.25, 0.3) is 0 Å². The molecule has 14 heteroatoms. The van der Waals surface area contributed by atoms with E-state index in [0.29, 0.717) is 24.9 Å². The van der Waals surface area contributed by atoms with Gasteiger partial charge in [0, 0.05) is 13.1 Å². The molecule has 2 aromatic heterocycles. The number of hydrogen-bond acceptors (Lipinski definition) is 8. The fraction of sp³-hybridized carbons (Fsp3) is 0.469. The summed E-state index contributed by atoms with van der Waals surface area (Å²) in [4.78, 5) is 72.2. The van der Waals surface area contributed by atoms with Gasteiger partial charge in [-0.15, -0.1) is 0 Å². The van der Waals surface area contributed by atoms with Crippen molar-refractivity contribution in [3.05, 3.63) is 83.6 Å². The minimum Gasteiger partial charge on any atom is -0.453 e. The zero-order valence-electron chi connectivity index (χ0n) is 37.0. The summed E-state index contributed by atoms with van der Waals surface area (Å²) in [5.41, 5.74) is 11.5. The quantitative estimate of drug-likeness (QED) is 0.102. The van der Waals surface area contributed by atoms with Crippen molar-refractivity contribution in [3.8, 4) is 33.5 Å². The molecule has 3 fully saturated rings. The number of nitrogens with one attached hydrogen (secondary N) is 4. The van der Waals surface area contributed by atoms with Crippen LogP contribution < -0.4 is 10.6 Å². The molecule has 0 unspecified atom stereocenters. The molecule has 2 saturated heterocycles. The highest BCUT2D eigenvalue weighted by molar-refractivity contribution is 5.89. The normalized spacial score (nSPS) is 21.3. The Hall–Kier alpha value is -6.18. The van der Waals surface area contributed by atoms with Crippen LogP contribution in [0.5, 0.6) is 0 Å². The number of H-pyrrole nitrogens is 2. The molecule has 6 atom stereocenters. The average molecular weight is 855 g/mol. The Morgan fingerprint density at radius 1 is 0.667 bits per heavy atom. The van der Waals surface area contributed by atoms with Gasteiger partial charge in [-0.05, 0) is 120 Å². The van der Waals surface area contributed by atoms with Crippen molar-refractivity contribution < 1.29 is 28.7 Å². The number of likely N-dealkylation sites (tertiary alicyclic amines) is 2. The summed E-state index contributed by atoms with van der Waals surface area (Å²) in [7, 11) is 2.61. The molecule has 0 radical (unpaired) electrons. The lowest BCUT2D eigenvalue weighted by Gasteiger charge is -2.30. The second-order valence-corrected chi connectivity index (χ2v) is 18.4. The van der Waals surface area contributed by atoms with E-state index in [1.165, 1.54) is 61.3 Å². The maximum atomic E-state index is 13.8. The van der Waals surface area contributed by atoms with Crippen molar-refractivity contribution in [1.82, 2.24) is 40.4 Å². The minimum atomic E-state index is -0.687. The van der Waals surface area contributed by atoms with Crippen molar-refractivity contribution in [2.24, 2.45) is 11.8 Å². The minimum absolute atomic E-state index is 0.102. The van der Waals surface area contributed by atoms with E-state index in [4.69, 9.17) is 19.4 Å². The molecular weight excluding hydrogens is 797 g/mol. The number of aromatic nitrogens is 4. The summed E-state index contributed by atoms with van der Waals surface area (Å²) < 4.78 is 9.61. The van der Waals surface area contributed by atoms with E-state index in [1.807, 2.05) is 43.7 Å². The van der Waals surface area contributed by atoms with E-state index in [9.17, 15) is 19.2 Å². The maximum absolute atomic E-state index is 13.8. The van der Waals surface area contributed by atoms with Crippen LogP contribution in [0.15, 0.2) is 60.8 Å². The number of methoxy groups -OCH3 is 2. The van der Waals surface area contributed by atoms with Crippen molar-refractivity contribution >= 4 is 35.0 Å². The Kier molecular flexibility index (Phi) is 11.5. The molecule has 5 aromatic rings. The predicted octanol–water partition coefficient (Wildman–Crippen LogP) is 8.74. The van der Waals surface area contributed by atoms with Crippen molar-refractivity contribution in [2.75, 3.05) is 27.3 Å². The average Bonchev–Trinajstić information content (AvgIpc) is 4.16. The zero-order valence-corrected chi connectivity index (χ0v) is 37.0. The fourth-order valence-electron chi connectivity index (χ4n) is 10.7. The van der Waals surface area contributed by atoms with Crippen LogP contribution in [-0.2, 0) is 19.1 Å². The highest BCUT2D eigenvalue weighted by atomic mass is 16.5. The van der Waals surface area contributed by atoms with Crippen LogP contribution >= 0.6 is 0 Å². The summed E-state index contributed by atoms with van der Waals surface area (Å²) in [6, 6.07) is 18.0. The first-order valence-corrected chi connectivity index (χ1v) is 22.6. The Bertz CT molecular complexity index is 2540. The van der Waals surface area contributed by atoms with Crippen LogP contribution in [0.3, 0.4) is 0 Å². The molecule has 2 bridgehead atoms. The molecule has 4 aliphatic rings. The van der Waals surface area contributed by atoms with Crippen LogP contribution in [0.2, 0.25) is 0 Å². The molecular formula is C49H58N8O6. The number of carbonyl (C=O) groups excluding carboxylic acids is 4. The number of imidazole rings is 2. The summed E-state index contributed by atoms with van der Waals surface area (Å²) in [6.07, 6.45) is 7.49. The SMILES string of the molecule is COC(=O)N[C@H](C(=O)N1CCC[C@H]1c1ncc(-c2ccc(-c3ccc(-c4ccc5[nH]c([C@@H]6CCCN6C(=O)[C@@H](NC(=O)OC)C(C)C)nc5c4)c4c3[C@@H]3CC[C@H]4C3)cc2)[nH]1)C(C)C. The van der Waals surface area contributed by atoms with Gasteiger partial charge in [-0.1, -0.05) is 70.2 Å². The molecule has 9 rings (SSSR count). The number of hydrogen-bond donors (Lipinski definition) is 4. The molecule has 3 aromatic carbocycles. The molecule has 4 heterocycles. The van der Waals surface area contributed by atoms with E-state index in [-0.39, 0.29) is 35.7 Å². The number of amides is 4. The van der Waals surface area contributed by atoms with Crippen LogP contribution in [0.4, 0.5) is 9.59 Å². The first-order valence-electron chi connectivity index (χ1n) is 22.6. The highest BCUT2D eigenvalue weighted by Crippen LogP contribution is 2.58. The number of carbonyl (C=O) groups is 4. The number of ether oxygens (including phenoxy) is 2. The third-order valence-electron chi connectivity index (χ3n) is 13.9. The Morgan fingerprint density at radius 3 is 1.75 bits per heavy atom. The standard InChI is InChI=1S/C49H58N8O6/c1-26(2)42(54-48(60)62-5)46(58)56-21-7-9-38(56)44-50-25-37(53-44)29-13-11-28(12-14-29)33-18-19-34(41-32-16-15-31(23-32)40(33)41)30-17-20-35-36(24-30)52-45(51-35)39-10-8-22-57(39)47(59)43(27(3)4)55-49(61)63-6/h11-14,17-20,24-27,31-32,38-39,42-43H,7-10,15-16,21-23H2,1-6H3,(H,50,53)(H,51,52)(H,54,60)(H,55,61)/t31-,32+,38+,39+,42+,43+/m1/s1. The van der Waals surface area contributed by atoms with E-state index in [1.54, 1.807) is 0 Å². The van der Waals surface area contributed by atoms with Crippen LogP contribution in [0, 0.1) is 11.8 Å². The van der Waals surface area contributed by atoms with Crippen LogP contribution in [-0.4, -0.2) is 93.1 Å². The molecule has 0 spiro atoms. The number of fused-ring (bicyclic) bond motifs is 6. The van der Waals surface area contributed by atoms with Gasteiger partial charge in [0.1, 0.15) is 23.7 Å². The molecule has 14 nitrogen and oxygen atoms in total. The number of aromatic amines is 2. The van der Waals surface area contributed by atoms with Gasteiger partial charge in [0.05, 0.1) is 49.2 Å². The molecule has 4 amide bonds. The second kappa shape index (κ2) is 17.2. The number of rotatable bonds is 11. The van der Waals surface area contributed by atoms with E-state index in [2.05, 4.69) is 75.2 Å². The largest absolute Gasteiger partial charge is 0.453 e. The summed E-state index contributed by atoms with van der Waals surface area (Å²) in [5.74, 6) is 2.11. The van der Waals surface area contributed by atoms with Gasteiger partial charge in [-0.25, -0.2) is 19.6 Å². The van der Waals surface area contributed by atoms with Gasteiger partial charge in [-0.2, -0.15) is 0 Å². The Balaban J connectivity index is 0.949. The molecule has 63 heavy (non-hydrogen) atoms. The zero-order chi connectivity index (χ0) is 44.1. The molecule has 2 aliphatic carbocycles. The third kappa shape index (κ3) is 7.82. The van der Waals surface area contributed by atoms with Crippen molar-refractivity contribution in [3.63, 3.8) is 0 Å². The van der Waals surface area contributed by atoms with Gasteiger partial charge < -0.3 is 39.9 Å². The molecule has 1 saturated carbocycles. The summed E-state index contributed by atoms with van der Waals surface area (Å²) in [6.45, 7) is 8.88. The Labute approximate surface area is 367 Å². The lowest BCUT2D eigenvalue weighted by atomic mass is 9.81. The first-order chi connectivity index (χ1) is 30.4. The number of alkyl carbamates (subject to hydrolysis) is 2. The summed E-state index contributed by atoms with van der Waals surface area (Å²) >= 11 is 0. The second-order valence-electron chi connectivity index (χ2n) is 18.4. The monoisotopic (exact) mass is 854 g/mol. The topological polar surface area (TPSA) is 175 Å². The smallest absolute Gasteiger partial charge is 0.407 e. The fourth-order valence-corrected chi connectivity index (χ4v) is 10.7. The van der Waals surface area contributed by atoms with E-state index < -0.39 is 24.3 Å². The molecule has 4 N–H and O–H groups in total. The third-order valence-corrected chi connectivity index (χ3v) is 13.9. The van der Waals surface area contributed by atoms with Gasteiger partial charge in [0.15, 0.2) is 0 Å². The van der Waals surface area contributed by atoms with Crippen molar-refractivity contribution in [2.45, 2.75) is 109 Å². The van der Waals surface area contributed by atoms with Gasteiger partial charge in [-0.3, -0.25) is 9.59 Å². The Morgan fingerprint density at radius 2 is 1.19 bits per heavy atom. The van der Waals surface area contributed by atoms with Crippen LogP contribution in [0.25, 0.3) is 44.5 Å². The number of nitrogens with zero attached hydrogens (tertiary/aromatic N) is 4. The first kappa shape index (κ1) is 42.1. The van der Waals surface area contributed by atoms with Gasteiger partial charge >= 0.3 is 12.2 Å². The van der Waals surface area contributed by atoms with E-state index >= 15 is 0 Å². The van der Waals surface area contributed by atoms with Gasteiger partial charge in [0.2, 0.25) is 11.8 Å². The predicted molar refractivity (Wildman–Crippen MR) is 240 cm³/mol. The maximum Gasteiger partial charge on any atom is 0.407 e.